The SMILES string of the molecule is CC(C)(C)C1=CCC(S[Si](C)(C)C)(C(C)(C)C2=[C-]CC=C2)C(C(C)(C)C)=C1.[Cl-].[Cl-].[Ti+3]. The van der Waals surface area contributed by atoms with E-state index in [0.29, 0.717) is 0 Å². The van der Waals surface area contributed by atoms with Crippen molar-refractivity contribution in [3.63, 3.8) is 0 Å². The van der Waals surface area contributed by atoms with Crippen molar-refractivity contribution >= 4 is 18.4 Å². The Morgan fingerprint density at radius 3 is 1.83 bits per heavy atom. The van der Waals surface area contributed by atoms with E-state index in [1.165, 1.54) is 11.1 Å². The Hall–Kier alpha value is 0.821. The summed E-state index contributed by atoms with van der Waals surface area (Å²) in [7, 11) is -1.38. The molecule has 0 aromatic rings. The molecule has 0 aromatic heterocycles. The molecule has 0 heterocycles. The Morgan fingerprint density at radius 1 is 0.933 bits per heavy atom. The van der Waals surface area contributed by atoms with Gasteiger partial charge in [0, 0.05) is 4.75 Å². The van der Waals surface area contributed by atoms with Crippen LogP contribution in [0.25, 0.3) is 0 Å². The van der Waals surface area contributed by atoms with Gasteiger partial charge >= 0.3 is 21.7 Å². The smallest absolute Gasteiger partial charge is 1.00 e. The molecule has 1 unspecified atom stereocenters. The molecular formula is C25H41Cl2SSiTi. The summed E-state index contributed by atoms with van der Waals surface area (Å²) in [6.07, 6.45) is 15.5. The van der Waals surface area contributed by atoms with Gasteiger partial charge in [0.15, 0.2) is 0 Å². The molecular weight excluding hydrogens is 479 g/mol. The summed E-state index contributed by atoms with van der Waals surface area (Å²) < 4.78 is 0.0848. The Kier molecular flexibility index (Phi) is 11.9. The van der Waals surface area contributed by atoms with Gasteiger partial charge in [-0.3, -0.25) is 6.08 Å². The Labute approximate surface area is 219 Å². The van der Waals surface area contributed by atoms with Crippen LogP contribution in [0.5, 0.6) is 0 Å². The summed E-state index contributed by atoms with van der Waals surface area (Å²) in [6.45, 7) is 26.7. The van der Waals surface area contributed by atoms with Gasteiger partial charge in [0.2, 0.25) is 0 Å². The van der Waals surface area contributed by atoms with E-state index in [9.17, 15) is 0 Å². The van der Waals surface area contributed by atoms with E-state index in [1.54, 1.807) is 5.57 Å². The van der Waals surface area contributed by atoms with Gasteiger partial charge in [-0.25, -0.2) is 11.6 Å². The standard InChI is InChI=1S/C25H41SSi.2ClH.Ti/c1-22(2,3)20-16-17-25(26-27(9,10)11,21(18-20)23(4,5)6)24(7,8)19-14-12-13-15-19;;;/h12,14,16,18H,13,17H2,1-11H3;2*1H;/q-1;;;+3/p-2. The van der Waals surface area contributed by atoms with Crippen molar-refractivity contribution in [2.75, 3.05) is 0 Å². The van der Waals surface area contributed by atoms with Gasteiger partial charge in [-0.15, -0.1) is 6.42 Å². The van der Waals surface area contributed by atoms with Gasteiger partial charge < -0.3 is 24.8 Å². The first kappa shape index (κ1) is 33.0. The van der Waals surface area contributed by atoms with Crippen molar-refractivity contribution in [3.8, 4) is 0 Å². The van der Waals surface area contributed by atoms with E-state index >= 15 is 0 Å². The first-order valence-electron chi connectivity index (χ1n) is 10.4. The van der Waals surface area contributed by atoms with Crippen LogP contribution in [0.3, 0.4) is 0 Å². The van der Waals surface area contributed by atoms with Crippen molar-refractivity contribution in [2.24, 2.45) is 16.2 Å². The summed E-state index contributed by atoms with van der Waals surface area (Å²) in [5.74, 6) is 0. The Balaban J connectivity index is 0. The number of allylic oxidation sites excluding steroid dienone is 7. The maximum atomic E-state index is 3.68. The van der Waals surface area contributed by atoms with Crippen molar-refractivity contribution in [3.05, 3.63) is 47.1 Å². The molecule has 1 radical (unpaired) electrons. The van der Waals surface area contributed by atoms with Crippen LogP contribution < -0.4 is 24.8 Å². The van der Waals surface area contributed by atoms with E-state index < -0.39 is 7.22 Å². The van der Waals surface area contributed by atoms with Crippen LogP contribution in [0.2, 0.25) is 19.6 Å². The van der Waals surface area contributed by atoms with E-state index in [4.69, 9.17) is 0 Å². The van der Waals surface area contributed by atoms with Gasteiger partial charge in [0.05, 0.1) is 0 Å². The van der Waals surface area contributed by atoms with Crippen LogP contribution in [0, 0.1) is 22.3 Å². The third-order valence-electron chi connectivity index (χ3n) is 5.88. The molecule has 1 atom stereocenters. The van der Waals surface area contributed by atoms with E-state index in [1.807, 2.05) is 0 Å². The quantitative estimate of drug-likeness (QED) is 0.405. The first-order chi connectivity index (χ1) is 12.0. The van der Waals surface area contributed by atoms with Crippen molar-refractivity contribution in [1.29, 1.82) is 0 Å². The fourth-order valence-electron chi connectivity index (χ4n) is 4.43. The number of hydrogen-bond acceptors (Lipinski definition) is 1. The number of hydrogen-bond donors (Lipinski definition) is 0. The predicted octanol–water partition coefficient (Wildman–Crippen LogP) is 2.36. The van der Waals surface area contributed by atoms with Crippen molar-refractivity contribution in [2.45, 2.75) is 92.6 Å². The van der Waals surface area contributed by atoms with Crippen LogP contribution in [-0.4, -0.2) is 12.0 Å². The molecule has 0 nitrogen and oxygen atoms in total. The van der Waals surface area contributed by atoms with Crippen LogP contribution >= 0.6 is 11.2 Å². The average molecular weight is 521 g/mol. The molecule has 30 heavy (non-hydrogen) atoms. The molecule has 169 valence electrons. The van der Waals surface area contributed by atoms with Crippen LogP contribution in [-0.2, 0) is 21.7 Å². The minimum absolute atomic E-state index is 0. The number of halogens is 2. The van der Waals surface area contributed by atoms with Crippen molar-refractivity contribution in [1.82, 2.24) is 0 Å². The second kappa shape index (κ2) is 10.8. The Morgan fingerprint density at radius 2 is 1.47 bits per heavy atom. The van der Waals surface area contributed by atoms with Crippen LogP contribution in [0.15, 0.2) is 41.0 Å². The second-order valence-corrected chi connectivity index (χ2v) is 21.2. The average Bonchev–Trinajstić information content (AvgIpc) is 2.97. The molecule has 0 saturated carbocycles. The minimum Gasteiger partial charge on any atom is -1.00 e. The van der Waals surface area contributed by atoms with Crippen LogP contribution in [0.4, 0.5) is 0 Å². The van der Waals surface area contributed by atoms with Gasteiger partial charge in [0.25, 0.3) is 0 Å². The number of rotatable bonds is 4. The summed E-state index contributed by atoms with van der Waals surface area (Å²) >= 11 is 2.30. The topological polar surface area (TPSA) is 0 Å². The molecule has 2 aliphatic carbocycles. The molecule has 0 saturated heterocycles. The molecule has 0 bridgehead atoms. The summed E-state index contributed by atoms with van der Waals surface area (Å²) in [5, 5.41) is 0. The molecule has 0 N–H and O–H groups in total. The monoisotopic (exact) mass is 519 g/mol. The van der Waals surface area contributed by atoms with Gasteiger partial charge in [-0.2, -0.15) is 17.3 Å². The van der Waals surface area contributed by atoms with Gasteiger partial charge in [-0.1, -0.05) is 87.2 Å². The van der Waals surface area contributed by atoms with E-state index in [-0.39, 0.29) is 67.5 Å². The molecule has 5 heteroatoms. The third-order valence-corrected chi connectivity index (χ3v) is 10.6. The zero-order chi connectivity index (χ0) is 20.9. The molecule has 2 aliphatic rings. The summed E-state index contributed by atoms with van der Waals surface area (Å²) in [5.41, 5.74) is 4.89. The second-order valence-electron chi connectivity index (χ2n) is 11.8. The van der Waals surface area contributed by atoms with E-state index in [2.05, 4.69) is 117 Å². The molecule has 0 aromatic carbocycles. The van der Waals surface area contributed by atoms with E-state index in [0.717, 1.165) is 12.8 Å². The van der Waals surface area contributed by atoms with Gasteiger partial charge in [-0.05, 0) is 33.8 Å². The Bertz CT molecular complexity index is 713. The molecule has 0 aliphatic heterocycles. The fraction of sp³-hybridized carbons (Fsp3) is 0.680. The summed E-state index contributed by atoms with van der Waals surface area (Å²) in [6, 6.07) is 0. The largest absolute Gasteiger partial charge is 3.00 e. The maximum absolute atomic E-state index is 3.68. The molecule has 2 rings (SSSR count). The van der Waals surface area contributed by atoms with Crippen molar-refractivity contribution < 1.29 is 46.5 Å². The first-order valence-corrected chi connectivity index (χ1v) is 15.5. The fourth-order valence-corrected chi connectivity index (χ4v) is 11.0. The van der Waals surface area contributed by atoms with Gasteiger partial charge in [0.1, 0.15) is 7.22 Å². The molecule has 0 spiro atoms. The zero-order valence-corrected chi connectivity index (χ0v) is 25.8. The van der Waals surface area contributed by atoms with Crippen LogP contribution in [0.1, 0.15) is 68.2 Å². The molecule has 0 amide bonds. The molecule has 0 fully saturated rings. The third kappa shape index (κ3) is 6.91. The maximum Gasteiger partial charge on any atom is 3.00 e. The predicted molar refractivity (Wildman–Crippen MR) is 128 cm³/mol. The minimum atomic E-state index is -1.38. The normalized spacial score (nSPS) is 22.2. The zero-order valence-electron chi connectivity index (χ0n) is 20.9. The summed E-state index contributed by atoms with van der Waals surface area (Å²) in [4.78, 5) is 0.